The summed E-state index contributed by atoms with van der Waals surface area (Å²) < 4.78 is 10.0. The lowest BCUT2D eigenvalue weighted by Crippen LogP contribution is -2.31. The summed E-state index contributed by atoms with van der Waals surface area (Å²) in [7, 11) is 1.54. The lowest BCUT2D eigenvalue weighted by Gasteiger charge is -2.14. The molecular formula is C18H18ClNO4. The minimum absolute atomic E-state index is 0.240. The first-order valence-corrected chi connectivity index (χ1v) is 7.73. The Bertz CT molecular complexity index is 715. The molecule has 5 nitrogen and oxygen atoms in total. The molecule has 0 heterocycles. The quantitative estimate of drug-likeness (QED) is 0.813. The molecule has 0 aliphatic heterocycles. The molecule has 1 unspecified atom stereocenters. The maximum absolute atomic E-state index is 11.9. The highest BCUT2D eigenvalue weighted by Gasteiger charge is 2.13. The van der Waals surface area contributed by atoms with E-state index in [-0.39, 0.29) is 18.6 Å². The predicted molar refractivity (Wildman–Crippen MR) is 91.3 cm³/mol. The third kappa shape index (κ3) is 4.99. The summed E-state index contributed by atoms with van der Waals surface area (Å²) in [4.78, 5) is 23.8. The second-order valence-corrected chi connectivity index (χ2v) is 5.59. The summed E-state index contributed by atoms with van der Waals surface area (Å²) >= 11 is 5.93. The highest BCUT2D eigenvalue weighted by molar-refractivity contribution is 6.30. The number of hydrogen-bond acceptors (Lipinski definition) is 4. The Morgan fingerprint density at radius 1 is 1.17 bits per heavy atom. The Morgan fingerprint density at radius 3 is 2.50 bits per heavy atom. The number of rotatable bonds is 6. The standard InChI is InChI=1S/C18H18ClNO4/c1-12(14-4-3-5-15(19)10-14)20-17(21)11-24-18(22)13-6-8-16(23-2)9-7-13/h3-10,12H,11H2,1-2H3,(H,20,21). The monoisotopic (exact) mass is 347 g/mol. The molecule has 0 spiro atoms. The summed E-state index contributed by atoms with van der Waals surface area (Å²) in [6.45, 7) is 1.48. The second-order valence-electron chi connectivity index (χ2n) is 5.15. The largest absolute Gasteiger partial charge is 0.497 e. The molecular weight excluding hydrogens is 330 g/mol. The zero-order valence-corrected chi connectivity index (χ0v) is 14.2. The van der Waals surface area contributed by atoms with Gasteiger partial charge in [0.05, 0.1) is 18.7 Å². The maximum atomic E-state index is 11.9. The number of carbonyl (C=O) groups is 2. The van der Waals surface area contributed by atoms with Crippen LogP contribution in [0.5, 0.6) is 5.75 Å². The van der Waals surface area contributed by atoms with E-state index in [0.29, 0.717) is 16.3 Å². The fourth-order valence-electron chi connectivity index (χ4n) is 2.08. The average molecular weight is 348 g/mol. The molecule has 24 heavy (non-hydrogen) atoms. The van der Waals surface area contributed by atoms with E-state index in [1.54, 1.807) is 43.5 Å². The molecule has 0 aliphatic rings. The van der Waals surface area contributed by atoms with Crippen molar-refractivity contribution in [1.29, 1.82) is 0 Å². The van der Waals surface area contributed by atoms with Crippen molar-refractivity contribution in [2.24, 2.45) is 0 Å². The van der Waals surface area contributed by atoms with Crippen LogP contribution in [0.15, 0.2) is 48.5 Å². The van der Waals surface area contributed by atoms with Gasteiger partial charge >= 0.3 is 5.97 Å². The van der Waals surface area contributed by atoms with E-state index < -0.39 is 5.97 Å². The first kappa shape index (κ1) is 17.8. The highest BCUT2D eigenvalue weighted by atomic mass is 35.5. The number of halogens is 1. The number of benzene rings is 2. The van der Waals surface area contributed by atoms with Crippen LogP contribution < -0.4 is 10.1 Å². The Morgan fingerprint density at radius 2 is 1.88 bits per heavy atom. The Kier molecular flexibility index (Phi) is 6.21. The van der Waals surface area contributed by atoms with Gasteiger partial charge in [0.25, 0.3) is 5.91 Å². The molecule has 0 aromatic heterocycles. The third-order valence-corrected chi connectivity index (χ3v) is 3.62. The molecule has 126 valence electrons. The van der Waals surface area contributed by atoms with Gasteiger partial charge in [0.1, 0.15) is 5.75 Å². The van der Waals surface area contributed by atoms with E-state index in [0.717, 1.165) is 5.56 Å². The van der Waals surface area contributed by atoms with Crippen LogP contribution in [-0.2, 0) is 9.53 Å². The van der Waals surface area contributed by atoms with Crippen LogP contribution in [0.1, 0.15) is 28.9 Å². The van der Waals surface area contributed by atoms with Crippen LogP contribution in [0.2, 0.25) is 5.02 Å². The molecule has 0 saturated heterocycles. The van der Waals surface area contributed by atoms with Crippen LogP contribution in [0.3, 0.4) is 0 Å². The molecule has 0 saturated carbocycles. The van der Waals surface area contributed by atoms with Crippen molar-refractivity contribution >= 4 is 23.5 Å². The molecule has 2 aromatic rings. The molecule has 1 atom stereocenters. The van der Waals surface area contributed by atoms with Gasteiger partial charge in [0.2, 0.25) is 0 Å². The molecule has 0 aliphatic carbocycles. The summed E-state index contributed by atoms with van der Waals surface area (Å²) in [5, 5.41) is 3.35. The number of carbonyl (C=O) groups excluding carboxylic acids is 2. The number of nitrogens with one attached hydrogen (secondary N) is 1. The van der Waals surface area contributed by atoms with Gasteiger partial charge in [0.15, 0.2) is 6.61 Å². The number of esters is 1. The number of ether oxygens (including phenoxy) is 2. The fraction of sp³-hybridized carbons (Fsp3) is 0.222. The van der Waals surface area contributed by atoms with Crippen molar-refractivity contribution < 1.29 is 19.1 Å². The van der Waals surface area contributed by atoms with Gasteiger partial charge in [-0.3, -0.25) is 4.79 Å². The fourth-order valence-corrected chi connectivity index (χ4v) is 2.28. The Hall–Kier alpha value is -2.53. The summed E-state index contributed by atoms with van der Waals surface area (Å²) in [6, 6.07) is 13.4. The van der Waals surface area contributed by atoms with E-state index >= 15 is 0 Å². The lowest BCUT2D eigenvalue weighted by molar-refractivity contribution is -0.124. The normalized spacial score (nSPS) is 11.5. The van der Waals surface area contributed by atoms with Gasteiger partial charge in [-0.1, -0.05) is 23.7 Å². The molecule has 2 rings (SSSR count). The molecule has 0 radical (unpaired) electrons. The van der Waals surface area contributed by atoms with Crippen LogP contribution in [-0.4, -0.2) is 25.6 Å². The summed E-state index contributed by atoms with van der Waals surface area (Å²) in [5.74, 6) is -0.313. The van der Waals surface area contributed by atoms with Gasteiger partial charge in [-0.25, -0.2) is 4.79 Å². The third-order valence-electron chi connectivity index (χ3n) is 3.39. The first-order chi connectivity index (χ1) is 11.5. The molecule has 1 N–H and O–H groups in total. The van der Waals surface area contributed by atoms with Crippen LogP contribution >= 0.6 is 11.6 Å². The number of hydrogen-bond donors (Lipinski definition) is 1. The SMILES string of the molecule is COc1ccc(C(=O)OCC(=O)NC(C)c2cccc(Cl)c2)cc1. The zero-order valence-electron chi connectivity index (χ0n) is 13.4. The average Bonchev–Trinajstić information content (AvgIpc) is 2.59. The molecule has 1 amide bonds. The van der Waals surface area contributed by atoms with Crippen molar-refractivity contribution in [3.8, 4) is 5.75 Å². The Balaban J connectivity index is 1.84. The lowest BCUT2D eigenvalue weighted by atomic mass is 10.1. The van der Waals surface area contributed by atoms with E-state index in [1.165, 1.54) is 0 Å². The zero-order chi connectivity index (χ0) is 17.5. The van der Waals surface area contributed by atoms with Gasteiger partial charge < -0.3 is 14.8 Å². The van der Waals surface area contributed by atoms with E-state index in [4.69, 9.17) is 21.1 Å². The van der Waals surface area contributed by atoms with E-state index in [2.05, 4.69) is 5.32 Å². The summed E-state index contributed by atoms with van der Waals surface area (Å²) in [6.07, 6.45) is 0. The van der Waals surface area contributed by atoms with Crippen LogP contribution in [0, 0.1) is 0 Å². The van der Waals surface area contributed by atoms with Gasteiger partial charge in [-0.2, -0.15) is 0 Å². The molecule has 2 aromatic carbocycles. The van der Waals surface area contributed by atoms with Crippen molar-refractivity contribution in [3.63, 3.8) is 0 Å². The van der Waals surface area contributed by atoms with Crippen LogP contribution in [0.25, 0.3) is 0 Å². The second kappa shape index (κ2) is 8.36. The number of methoxy groups -OCH3 is 1. The van der Waals surface area contributed by atoms with Gasteiger partial charge in [0, 0.05) is 5.02 Å². The van der Waals surface area contributed by atoms with Crippen molar-refractivity contribution in [3.05, 3.63) is 64.7 Å². The van der Waals surface area contributed by atoms with Gasteiger partial charge in [-0.05, 0) is 48.9 Å². The molecule has 0 fully saturated rings. The van der Waals surface area contributed by atoms with Crippen molar-refractivity contribution in [2.45, 2.75) is 13.0 Å². The van der Waals surface area contributed by atoms with Crippen molar-refractivity contribution in [1.82, 2.24) is 5.32 Å². The molecule has 0 bridgehead atoms. The highest BCUT2D eigenvalue weighted by Crippen LogP contribution is 2.17. The molecule has 6 heteroatoms. The van der Waals surface area contributed by atoms with E-state index in [9.17, 15) is 9.59 Å². The Labute approximate surface area is 145 Å². The maximum Gasteiger partial charge on any atom is 0.338 e. The van der Waals surface area contributed by atoms with Gasteiger partial charge in [-0.15, -0.1) is 0 Å². The minimum Gasteiger partial charge on any atom is -0.497 e. The van der Waals surface area contributed by atoms with Crippen LogP contribution in [0.4, 0.5) is 0 Å². The smallest absolute Gasteiger partial charge is 0.338 e. The summed E-state index contributed by atoms with van der Waals surface area (Å²) in [5.41, 5.74) is 1.23. The minimum atomic E-state index is -0.566. The topological polar surface area (TPSA) is 64.6 Å². The van der Waals surface area contributed by atoms with Crippen molar-refractivity contribution in [2.75, 3.05) is 13.7 Å². The van der Waals surface area contributed by atoms with E-state index in [1.807, 2.05) is 19.1 Å². The first-order valence-electron chi connectivity index (χ1n) is 7.35. The number of amides is 1. The predicted octanol–water partition coefficient (Wildman–Crippen LogP) is 3.38.